The van der Waals surface area contributed by atoms with Crippen LogP contribution in [-0.2, 0) is 0 Å². The second-order valence-corrected chi connectivity index (χ2v) is 5.72. The van der Waals surface area contributed by atoms with E-state index in [0.29, 0.717) is 12.6 Å². The lowest BCUT2D eigenvalue weighted by Gasteiger charge is -2.26. The predicted octanol–water partition coefficient (Wildman–Crippen LogP) is 2.88. The second-order valence-electron chi connectivity index (χ2n) is 5.72. The van der Waals surface area contributed by atoms with E-state index in [0.717, 1.165) is 25.5 Å². The highest BCUT2D eigenvalue weighted by Crippen LogP contribution is 2.18. The molecular weight excluding hydrogens is 274 g/mol. The van der Waals surface area contributed by atoms with Gasteiger partial charge < -0.3 is 10.2 Å². The molecule has 1 amide bonds. The van der Waals surface area contributed by atoms with E-state index in [2.05, 4.69) is 5.32 Å². The van der Waals surface area contributed by atoms with E-state index in [1.54, 1.807) is 7.05 Å². The Morgan fingerprint density at radius 3 is 2.81 bits per heavy atom. The van der Waals surface area contributed by atoms with E-state index in [9.17, 15) is 13.6 Å². The number of piperidine rings is 1. The third-order valence-electron chi connectivity index (χ3n) is 4.07. The monoisotopic (exact) mass is 296 g/mol. The standard InChI is InChI=1S/C16H22F2N2O/c1-11-6-7-13(17)14(15(11)18)16(21)20(2)10-8-12-5-3-4-9-19-12/h6-7,12,19H,3-5,8-10H2,1-2H3. The minimum Gasteiger partial charge on any atom is -0.341 e. The Hall–Kier alpha value is -1.49. The molecule has 1 aliphatic heterocycles. The molecule has 5 heteroatoms. The molecule has 1 fully saturated rings. The summed E-state index contributed by atoms with van der Waals surface area (Å²) in [5.41, 5.74) is -0.170. The third-order valence-corrected chi connectivity index (χ3v) is 4.07. The van der Waals surface area contributed by atoms with Crippen LogP contribution in [0.3, 0.4) is 0 Å². The number of carbonyl (C=O) groups excluding carboxylic acids is 1. The van der Waals surface area contributed by atoms with Crippen molar-refractivity contribution in [3.05, 3.63) is 34.9 Å². The zero-order chi connectivity index (χ0) is 15.4. The smallest absolute Gasteiger partial charge is 0.259 e. The zero-order valence-electron chi connectivity index (χ0n) is 12.6. The van der Waals surface area contributed by atoms with Gasteiger partial charge in [-0.1, -0.05) is 12.5 Å². The van der Waals surface area contributed by atoms with Crippen molar-refractivity contribution in [2.45, 2.75) is 38.6 Å². The summed E-state index contributed by atoms with van der Waals surface area (Å²) in [6.45, 7) is 3.02. The Morgan fingerprint density at radius 2 is 2.14 bits per heavy atom. The molecule has 1 N–H and O–H groups in total. The first kappa shape index (κ1) is 15.9. The molecule has 1 atom stereocenters. The van der Waals surface area contributed by atoms with Gasteiger partial charge in [0.2, 0.25) is 0 Å². The SMILES string of the molecule is Cc1ccc(F)c(C(=O)N(C)CCC2CCCCN2)c1F. The number of hydrogen-bond acceptors (Lipinski definition) is 2. The Labute approximate surface area is 124 Å². The van der Waals surface area contributed by atoms with Crippen LogP contribution in [0.25, 0.3) is 0 Å². The van der Waals surface area contributed by atoms with Crippen molar-refractivity contribution < 1.29 is 13.6 Å². The molecule has 2 rings (SSSR count). The molecule has 0 radical (unpaired) electrons. The average Bonchev–Trinajstić information content (AvgIpc) is 2.50. The highest BCUT2D eigenvalue weighted by Gasteiger charge is 2.23. The van der Waals surface area contributed by atoms with Gasteiger partial charge in [0.05, 0.1) is 0 Å². The topological polar surface area (TPSA) is 32.3 Å². The van der Waals surface area contributed by atoms with E-state index < -0.39 is 23.1 Å². The van der Waals surface area contributed by atoms with Crippen LogP contribution < -0.4 is 5.32 Å². The largest absolute Gasteiger partial charge is 0.341 e. The molecule has 1 saturated heterocycles. The van der Waals surface area contributed by atoms with Crippen LogP contribution in [0.1, 0.15) is 41.6 Å². The Balaban J connectivity index is 2.00. The van der Waals surface area contributed by atoms with Gasteiger partial charge in [-0.15, -0.1) is 0 Å². The molecular formula is C16H22F2N2O. The zero-order valence-corrected chi connectivity index (χ0v) is 12.6. The first-order chi connectivity index (χ1) is 10.0. The minimum atomic E-state index is -0.800. The van der Waals surface area contributed by atoms with E-state index in [1.807, 2.05) is 0 Å². The van der Waals surface area contributed by atoms with Gasteiger partial charge in [-0.05, 0) is 44.4 Å². The van der Waals surface area contributed by atoms with Crippen LogP contribution in [0.15, 0.2) is 12.1 Å². The van der Waals surface area contributed by atoms with Gasteiger partial charge in [-0.2, -0.15) is 0 Å². The molecule has 1 heterocycles. The van der Waals surface area contributed by atoms with Crippen molar-refractivity contribution in [1.82, 2.24) is 10.2 Å². The van der Waals surface area contributed by atoms with Crippen LogP contribution in [0.5, 0.6) is 0 Å². The Bertz CT molecular complexity index is 513. The molecule has 3 nitrogen and oxygen atoms in total. The summed E-state index contributed by atoms with van der Waals surface area (Å²) in [5.74, 6) is -2.15. The number of benzene rings is 1. The summed E-state index contributed by atoms with van der Waals surface area (Å²) in [5, 5.41) is 3.40. The maximum atomic E-state index is 14.0. The number of amides is 1. The van der Waals surface area contributed by atoms with Gasteiger partial charge in [0, 0.05) is 19.6 Å². The molecule has 1 aliphatic rings. The van der Waals surface area contributed by atoms with Gasteiger partial charge in [0.25, 0.3) is 5.91 Å². The van der Waals surface area contributed by atoms with Crippen molar-refractivity contribution in [3.8, 4) is 0 Å². The highest BCUT2D eigenvalue weighted by atomic mass is 19.1. The molecule has 1 aromatic rings. The number of rotatable bonds is 4. The van der Waals surface area contributed by atoms with Gasteiger partial charge in [-0.25, -0.2) is 8.78 Å². The van der Waals surface area contributed by atoms with Crippen LogP contribution >= 0.6 is 0 Å². The summed E-state index contributed by atoms with van der Waals surface area (Å²) < 4.78 is 27.7. The third kappa shape index (κ3) is 3.79. The highest BCUT2D eigenvalue weighted by molar-refractivity contribution is 5.94. The fraction of sp³-hybridized carbons (Fsp3) is 0.562. The van der Waals surface area contributed by atoms with Gasteiger partial charge in [0.1, 0.15) is 17.2 Å². The predicted molar refractivity (Wildman–Crippen MR) is 78.3 cm³/mol. The van der Waals surface area contributed by atoms with Gasteiger partial charge in [-0.3, -0.25) is 4.79 Å². The molecule has 0 saturated carbocycles. The molecule has 1 aromatic carbocycles. The average molecular weight is 296 g/mol. The fourth-order valence-electron chi connectivity index (χ4n) is 2.66. The van der Waals surface area contributed by atoms with E-state index in [1.165, 1.54) is 30.7 Å². The Kier molecular flexibility index (Phi) is 5.28. The summed E-state index contributed by atoms with van der Waals surface area (Å²) in [4.78, 5) is 13.6. The molecule has 0 spiro atoms. The lowest BCUT2D eigenvalue weighted by Crippen LogP contribution is -2.38. The maximum Gasteiger partial charge on any atom is 0.259 e. The van der Waals surface area contributed by atoms with Crippen molar-refractivity contribution in [1.29, 1.82) is 0 Å². The summed E-state index contributed by atoms with van der Waals surface area (Å²) >= 11 is 0. The van der Waals surface area contributed by atoms with Crippen molar-refractivity contribution >= 4 is 5.91 Å². The van der Waals surface area contributed by atoms with Crippen molar-refractivity contribution in [2.75, 3.05) is 20.1 Å². The first-order valence-electron chi connectivity index (χ1n) is 7.44. The molecule has 0 bridgehead atoms. The summed E-state index contributed by atoms with van der Waals surface area (Å²) in [6.07, 6.45) is 4.27. The lowest BCUT2D eigenvalue weighted by molar-refractivity contribution is 0.0778. The summed E-state index contributed by atoms with van der Waals surface area (Å²) in [6, 6.07) is 2.87. The normalized spacial score (nSPS) is 18.6. The van der Waals surface area contributed by atoms with Crippen molar-refractivity contribution in [3.63, 3.8) is 0 Å². The molecule has 116 valence electrons. The molecule has 21 heavy (non-hydrogen) atoms. The lowest BCUT2D eigenvalue weighted by atomic mass is 10.0. The van der Waals surface area contributed by atoms with Crippen LogP contribution in [0.4, 0.5) is 8.78 Å². The number of aryl methyl sites for hydroxylation is 1. The van der Waals surface area contributed by atoms with Crippen molar-refractivity contribution in [2.24, 2.45) is 0 Å². The van der Waals surface area contributed by atoms with Gasteiger partial charge >= 0.3 is 0 Å². The first-order valence-corrected chi connectivity index (χ1v) is 7.44. The van der Waals surface area contributed by atoms with Gasteiger partial charge in [0.15, 0.2) is 0 Å². The molecule has 0 aliphatic carbocycles. The van der Waals surface area contributed by atoms with Crippen LogP contribution in [0, 0.1) is 18.6 Å². The Morgan fingerprint density at radius 1 is 1.38 bits per heavy atom. The summed E-state index contributed by atoms with van der Waals surface area (Å²) in [7, 11) is 1.59. The second kappa shape index (κ2) is 6.98. The van der Waals surface area contributed by atoms with Crippen LogP contribution in [-0.4, -0.2) is 37.0 Å². The minimum absolute atomic E-state index is 0.280. The quantitative estimate of drug-likeness (QED) is 0.926. The molecule has 0 aromatic heterocycles. The van der Waals surface area contributed by atoms with Crippen LogP contribution in [0.2, 0.25) is 0 Å². The number of nitrogens with zero attached hydrogens (tertiary/aromatic N) is 1. The maximum absolute atomic E-state index is 14.0. The van der Waals surface area contributed by atoms with E-state index >= 15 is 0 Å². The number of hydrogen-bond donors (Lipinski definition) is 1. The molecule has 1 unspecified atom stereocenters. The van der Waals surface area contributed by atoms with E-state index in [4.69, 9.17) is 0 Å². The van der Waals surface area contributed by atoms with E-state index in [-0.39, 0.29) is 5.56 Å². The number of carbonyl (C=O) groups is 1. The number of nitrogens with one attached hydrogen (secondary N) is 1. The fourth-order valence-corrected chi connectivity index (χ4v) is 2.66. The number of halogens is 2.